The highest BCUT2D eigenvalue weighted by Gasteiger charge is 2.30. The van der Waals surface area contributed by atoms with Crippen molar-refractivity contribution in [1.29, 1.82) is 0 Å². The topological polar surface area (TPSA) is 98.9 Å². The molecule has 0 saturated carbocycles. The number of halogens is 3. The number of benzene rings is 1. The van der Waals surface area contributed by atoms with E-state index in [-0.39, 0.29) is 17.4 Å². The van der Waals surface area contributed by atoms with Crippen molar-refractivity contribution in [2.45, 2.75) is 6.18 Å². The summed E-state index contributed by atoms with van der Waals surface area (Å²) in [6.07, 6.45) is -3.74. The summed E-state index contributed by atoms with van der Waals surface area (Å²) in [5.74, 6) is 0.327. The third kappa shape index (κ3) is 4.22. The number of aromatic nitrogens is 1. The SMILES string of the molecule is COc1ccc(/C(=N/N=C(N)N)c2ccc(C(F)(F)F)cn2)cc1. The smallest absolute Gasteiger partial charge is 0.417 e. The average Bonchev–Trinajstić information content (AvgIpc) is 2.55. The van der Waals surface area contributed by atoms with E-state index in [2.05, 4.69) is 15.2 Å². The Morgan fingerprint density at radius 3 is 2.17 bits per heavy atom. The Hall–Kier alpha value is -3.10. The van der Waals surface area contributed by atoms with Crippen LogP contribution in [0.4, 0.5) is 13.2 Å². The summed E-state index contributed by atoms with van der Waals surface area (Å²) in [4.78, 5) is 3.81. The Balaban J connectivity index is 2.46. The number of pyridine rings is 1. The van der Waals surface area contributed by atoms with Gasteiger partial charge in [-0.25, -0.2) is 0 Å². The fraction of sp³-hybridized carbons (Fsp3) is 0.133. The largest absolute Gasteiger partial charge is 0.497 e. The van der Waals surface area contributed by atoms with Crippen molar-refractivity contribution < 1.29 is 17.9 Å². The molecule has 2 rings (SSSR count). The third-order valence-corrected chi connectivity index (χ3v) is 2.96. The number of nitrogens with two attached hydrogens (primary N) is 2. The van der Waals surface area contributed by atoms with Gasteiger partial charge in [-0.15, -0.1) is 10.2 Å². The third-order valence-electron chi connectivity index (χ3n) is 2.96. The van der Waals surface area contributed by atoms with Crippen molar-refractivity contribution in [3.63, 3.8) is 0 Å². The molecule has 9 heteroatoms. The van der Waals surface area contributed by atoms with Crippen LogP contribution in [0.2, 0.25) is 0 Å². The van der Waals surface area contributed by atoms with Crippen molar-refractivity contribution in [3.05, 3.63) is 59.4 Å². The Labute approximate surface area is 135 Å². The molecule has 0 unspecified atom stereocenters. The first-order valence-corrected chi connectivity index (χ1v) is 6.66. The van der Waals surface area contributed by atoms with Crippen LogP contribution in [0.3, 0.4) is 0 Å². The zero-order chi connectivity index (χ0) is 17.7. The van der Waals surface area contributed by atoms with Crippen LogP contribution >= 0.6 is 0 Å². The van der Waals surface area contributed by atoms with Gasteiger partial charge < -0.3 is 16.2 Å². The fourth-order valence-electron chi connectivity index (χ4n) is 1.82. The molecule has 0 saturated heterocycles. The van der Waals surface area contributed by atoms with Crippen LogP contribution in [0.25, 0.3) is 0 Å². The molecule has 4 N–H and O–H groups in total. The molecule has 126 valence electrons. The number of hydrogen-bond acceptors (Lipinski definition) is 4. The molecule has 0 radical (unpaired) electrons. The molecule has 1 aromatic heterocycles. The van der Waals surface area contributed by atoms with Gasteiger partial charge >= 0.3 is 6.18 Å². The minimum Gasteiger partial charge on any atom is -0.497 e. The molecule has 24 heavy (non-hydrogen) atoms. The van der Waals surface area contributed by atoms with E-state index in [0.717, 1.165) is 12.3 Å². The zero-order valence-corrected chi connectivity index (χ0v) is 12.6. The highest BCUT2D eigenvalue weighted by Crippen LogP contribution is 2.28. The van der Waals surface area contributed by atoms with Gasteiger partial charge in [0.05, 0.1) is 18.4 Å². The van der Waals surface area contributed by atoms with Gasteiger partial charge in [-0.05, 0) is 36.4 Å². The first-order chi connectivity index (χ1) is 11.3. The quantitative estimate of drug-likeness (QED) is 0.507. The van der Waals surface area contributed by atoms with Gasteiger partial charge in [0, 0.05) is 11.8 Å². The summed E-state index contributed by atoms with van der Waals surface area (Å²) >= 11 is 0. The summed E-state index contributed by atoms with van der Waals surface area (Å²) in [6, 6.07) is 8.79. The average molecular weight is 337 g/mol. The first kappa shape index (κ1) is 17.3. The molecule has 0 fully saturated rings. The van der Waals surface area contributed by atoms with Gasteiger partial charge in [-0.2, -0.15) is 13.2 Å². The number of alkyl halides is 3. The Morgan fingerprint density at radius 2 is 1.71 bits per heavy atom. The molecular formula is C15H14F3N5O. The molecule has 1 heterocycles. The van der Waals surface area contributed by atoms with E-state index in [1.807, 2.05) is 0 Å². The van der Waals surface area contributed by atoms with E-state index in [1.54, 1.807) is 24.3 Å². The van der Waals surface area contributed by atoms with E-state index in [9.17, 15) is 13.2 Å². The summed E-state index contributed by atoms with van der Waals surface area (Å²) in [6.45, 7) is 0. The lowest BCUT2D eigenvalue weighted by atomic mass is 10.1. The molecule has 1 aromatic carbocycles. The summed E-state index contributed by atoms with van der Waals surface area (Å²) in [7, 11) is 1.51. The lowest BCUT2D eigenvalue weighted by molar-refractivity contribution is -0.137. The second kappa shape index (κ2) is 6.99. The van der Waals surface area contributed by atoms with Crippen LogP contribution in [0.1, 0.15) is 16.8 Å². The minimum atomic E-state index is -4.47. The highest BCUT2D eigenvalue weighted by molar-refractivity contribution is 6.11. The molecule has 0 spiro atoms. The van der Waals surface area contributed by atoms with Crippen LogP contribution < -0.4 is 16.2 Å². The molecule has 0 amide bonds. The second-order valence-electron chi connectivity index (χ2n) is 4.63. The summed E-state index contributed by atoms with van der Waals surface area (Å²) < 4.78 is 43.0. The number of nitrogens with zero attached hydrogens (tertiary/aromatic N) is 3. The standard InChI is InChI=1S/C15H14F3N5O/c1-24-11-5-2-9(3-6-11)13(22-23-14(19)20)12-7-4-10(8-21-12)15(16,17)18/h2-8H,1H3,(H4,19,20,23)/b22-13-. The fourth-order valence-corrected chi connectivity index (χ4v) is 1.82. The van der Waals surface area contributed by atoms with E-state index in [0.29, 0.717) is 11.3 Å². The molecule has 0 atom stereocenters. The Morgan fingerprint density at radius 1 is 1.04 bits per heavy atom. The first-order valence-electron chi connectivity index (χ1n) is 6.66. The van der Waals surface area contributed by atoms with Crippen molar-refractivity contribution in [2.75, 3.05) is 7.11 Å². The van der Waals surface area contributed by atoms with Gasteiger partial charge in [-0.3, -0.25) is 4.98 Å². The number of ether oxygens (including phenoxy) is 1. The zero-order valence-electron chi connectivity index (χ0n) is 12.6. The van der Waals surface area contributed by atoms with Gasteiger partial charge in [0.1, 0.15) is 11.5 Å². The van der Waals surface area contributed by atoms with Crippen molar-refractivity contribution in [2.24, 2.45) is 21.7 Å². The minimum absolute atomic E-state index is 0.193. The predicted octanol–water partition coefficient (Wildman–Crippen LogP) is 2.13. The molecule has 0 aliphatic rings. The lowest BCUT2D eigenvalue weighted by Gasteiger charge is -2.09. The van der Waals surface area contributed by atoms with Crippen LogP contribution in [0.5, 0.6) is 5.75 Å². The molecule has 0 aliphatic heterocycles. The van der Waals surface area contributed by atoms with Crippen molar-refractivity contribution >= 4 is 11.7 Å². The van der Waals surface area contributed by atoms with E-state index >= 15 is 0 Å². The van der Waals surface area contributed by atoms with Crippen LogP contribution in [-0.2, 0) is 6.18 Å². The maximum Gasteiger partial charge on any atom is 0.417 e. The summed E-state index contributed by atoms with van der Waals surface area (Å²) in [5.41, 5.74) is 10.6. The van der Waals surface area contributed by atoms with E-state index in [1.165, 1.54) is 13.2 Å². The number of rotatable bonds is 4. The molecule has 0 aliphatic carbocycles. The predicted molar refractivity (Wildman–Crippen MR) is 83.7 cm³/mol. The molecular weight excluding hydrogens is 323 g/mol. The monoisotopic (exact) mass is 337 g/mol. The molecule has 0 bridgehead atoms. The lowest BCUT2D eigenvalue weighted by Crippen LogP contribution is -2.22. The Bertz CT molecular complexity index is 748. The van der Waals surface area contributed by atoms with E-state index < -0.39 is 11.7 Å². The maximum absolute atomic E-state index is 12.6. The number of methoxy groups -OCH3 is 1. The summed E-state index contributed by atoms with van der Waals surface area (Å²) in [5, 5.41) is 7.44. The maximum atomic E-state index is 12.6. The molecule has 6 nitrogen and oxygen atoms in total. The van der Waals surface area contributed by atoms with Crippen LogP contribution in [0.15, 0.2) is 52.8 Å². The van der Waals surface area contributed by atoms with Crippen LogP contribution in [0, 0.1) is 0 Å². The number of guanidine groups is 1. The van der Waals surface area contributed by atoms with Gasteiger partial charge in [-0.1, -0.05) is 0 Å². The normalized spacial score (nSPS) is 11.9. The second-order valence-corrected chi connectivity index (χ2v) is 4.63. The van der Waals surface area contributed by atoms with E-state index in [4.69, 9.17) is 16.2 Å². The van der Waals surface area contributed by atoms with Crippen molar-refractivity contribution in [1.82, 2.24) is 4.98 Å². The van der Waals surface area contributed by atoms with Gasteiger partial charge in [0.25, 0.3) is 0 Å². The van der Waals surface area contributed by atoms with Gasteiger partial charge in [0.2, 0.25) is 5.96 Å². The van der Waals surface area contributed by atoms with Crippen LogP contribution in [-0.4, -0.2) is 23.8 Å². The Kier molecular flexibility index (Phi) is 5.02. The molecule has 2 aromatic rings. The van der Waals surface area contributed by atoms with Crippen molar-refractivity contribution in [3.8, 4) is 5.75 Å². The highest BCUT2D eigenvalue weighted by atomic mass is 19.4. The van der Waals surface area contributed by atoms with Gasteiger partial charge in [0.15, 0.2) is 0 Å². The number of hydrogen-bond donors (Lipinski definition) is 2.